The van der Waals surface area contributed by atoms with E-state index in [1.807, 2.05) is 49.4 Å². The van der Waals surface area contributed by atoms with Gasteiger partial charge in [0.25, 0.3) is 0 Å². The van der Waals surface area contributed by atoms with Crippen LogP contribution in [0.2, 0.25) is 0 Å². The molecule has 0 radical (unpaired) electrons. The fourth-order valence-corrected chi connectivity index (χ4v) is 2.82. The summed E-state index contributed by atoms with van der Waals surface area (Å²) in [5, 5.41) is 11.9. The first-order valence-corrected chi connectivity index (χ1v) is 8.88. The molecule has 1 atom stereocenters. The number of carboxylic acids is 1. The molecule has 2 rings (SSSR count). The molecule has 0 spiro atoms. The van der Waals surface area contributed by atoms with Gasteiger partial charge >= 0.3 is 5.97 Å². The van der Waals surface area contributed by atoms with Gasteiger partial charge in [-0.3, -0.25) is 4.79 Å². The van der Waals surface area contributed by atoms with Crippen molar-refractivity contribution < 1.29 is 19.4 Å². The predicted molar refractivity (Wildman–Crippen MR) is 100 cm³/mol. The monoisotopic (exact) mass is 407 g/mol. The fourth-order valence-electron chi connectivity index (χ4n) is 2.21. The molecule has 2 N–H and O–H groups in total. The third-order valence-corrected chi connectivity index (χ3v) is 4.17. The van der Waals surface area contributed by atoms with Crippen LogP contribution in [0, 0.1) is 0 Å². The molecule has 0 saturated carbocycles. The second kappa shape index (κ2) is 9.44. The number of halogens is 1. The van der Waals surface area contributed by atoms with Gasteiger partial charge in [0, 0.05) is 6.54 Å². The Kier molecular flexibility index (Phi) is 7.28. The van der Waals surface area contributed by atoms with Crippen LogP contribution in [0.15, 0.2) is 46.9 Å². The van der Waals surface area contributed by atoms with Crippen molar-refractivity contribution in [1.82, 2.24) is 5.32 Å². The minimum absolute atomic E-state index is 0.422. The van der Waals surface area contributed by atoms with Gasteiger partial charge in [-0.15, -0.1) is 0 Å². The lowest BCUT2D eigenvalue weighted by Gasteiger charge is -2.16. The summed E-state index contributed by atoms with van der Waals surface area (Å²) in [6.07, 6.45) is 0. The van der Waals surface area contributed by atoms with Gasteiger partial charge < -0.3 is 19.9 Å². The molecule has 0 heterocycles. The molecule has 2 aromatic carbocycles. The van der Waals surface area contributed by atoms with E-state index in [0.717, 1.165) is 15.6 Å². The Morgan fingerprint density at radius 1 is 1.20 bits per heavy atom. The molecular formula is C19H22BrNO4. The maximum atomic E-state index is 10.9. The van der Waals surface area contributed by atoms with Gasteiger partial charge in [0.1, 0.15) is 12.6 Å². The zero-order valence-electron chi connectivity index (χ0n) is 14.3. The van der Waals surface area contributed by atoms with E-state index in [-0.39, 0.29) is 0 Å². The van der Waals surface area contributed by atoms with E-state index in [2.05, 4.69) is 21.2 Å². The lowest BCUT2D eigenvalue weighted by molar-refractivity contribution is -0.139. The smallest absolute Gasteiger partial charge is 0.320 e. The molecule has 0 saturated heterocycles. The topological polar surface area (TPSA) is 67.8 Å². The molecule has 0 aromatic heterocycles. The first-order chi connectivity index (χ1) is 12.0. The van der Waals surface area contributed by atoms with E-state index in [0.29, 0.717) is 31.3 Å². The SMILES string of the molecule is CCOc1cc(CNC(C)C(=O)O)cc(Br)c1OCc1ccccc1. The number of aliphatic carboxylic acids is 1. The lowest BCUT2D eigenvalue weighted by atomic mass is 10.2. The third kappa shape index (κ3) is 5.76. The number of hydrogen-bond acceptors (Lipinski definition) is 4. The van der Waals surface area contributed by atoms with Crippen molar-refractivity contribution in [2.24, 2.45) is 0 Å². The van der Waals surface area contributed by atoms with Crippen LogP contribution in [0.5, 0.6) is 11.5 Å². The number of carboxylic acid groups (broad SMARTS) is 1. The van der Waals surface area contributed by atoms with Crippen molar-refractivity contribution in [3.05, 3.63) is 58.1 Å². The van der Waals surface area contributed by atoms with Crippen molar-refractivity contribution >= 4 is 21.9 Å². The summed E-state index contributed by atoms with van der Waals surface area (Å²) in [6.45, 7) is 4.89. The lowest BCUT2D eigenvalue weighted by Crippen LogP contribution is -2.33. The zero-order chi connectivity index (χ0) is 18.2. The number of benzene rings is 2. The second-order valence-corrected chi connectivity index (χ2v) is 6.41. The van der Waals surface area contributed by atoms with Crippen LogP contribution in [0.25, 0.3) is 0 Å². The Hall–Kier alpha value is -2.05. The van der Waals surface area contributed by atoms with Crippen LogP contribution in [-0.4, -0.2) is 23.7 Å². The Labute approximate surface area is 156 Å². The number of ether oxygens (including phenoxy) is 2. The molecule has 0 fully saturated rings. The van der Waals surface area contributed by atoms with Crippen molar-refractivity contribution in [2.45, 2.75) is 33.0 Å². The summed E-state index contributed by atoms with van der Waals surface area (Å²) in [7, 11) is 0. The molecule has 2 aromatic rings. The van der Waals surface area contributed by atoms with E-state index >= 15 is 0 Å². The summed E-state index contributed by atoms with van der Waals surface area (Å²) in [5.41, 5.74) is 1.98. The normalized spacial score (nSPS) is 11.8. The molecule has 0 aliphatic carbocycles. The summed E-state index contributed by atoms with van der Waals surface area (Å²) >= 11 is 3.53. The van der Waals surface area contributed by atoms with Crippen LogP contribution < -0.4 is 14.8 Å². The Morgan fingerprint density at radius 3 is 2.56 bits per heavy atom. The summed E-state index contributed by atoms with van der Waals surface area (Å²) in [5.74, 6) is 0.389. The zero-order valence-corrected chi connectivity index (χ0v) is 15.9. The Balaban J connectivity index is 2.14. The minimum atomic E-state index is -0.882. The molecule has 0 aliphatic heterocycles. The molecular weight excluding hydrogens is 386 g/mol. The van der Waals surface area contributed by atoms with Crippen LogP contribution in [-0.2, 0) is 17.9 Å². The van der Waals surface area contributed by atoms with E-state index in [1.54, 1.807) is 6.92 Å². The third-order valence-electron chi connectivity index (χ3n) is 3.58. The maximum absolute atomic E-state index is 10.9. The van der Waals surface area contributed by atoms with E-state index in [1.165, 1.54) is 0 Å². The highest BCUT2D eigenvalue weighted by molar-refractivity contribution is 9.10. The van der Waals surface area contributed by atoms with Gasteiger partial charge in [-0.05, 0) is 53.0 Å². The van der Waals surface area contributed by atoms with Gasteiger partial charge in [0.2, 0.25) is 0 Å². The van der Waals surface area contributed by atoms with E-state index in [9.17, 15) is 4.79 Å². The average Bonchev–Trinajstić information content (AvgIpc) is 2.60. The molecule has 0 amide bonds. The molecule has 5 nitrogen and oxygen atoms in total. The van der Waals surface area contributed by atoms with Gasteiger partial charge in [0.05, 0.1) is 11.1 Å². The van der Waals surface area contributed by atoms with Crippen molar-refractivity contribution in [3.8, 4) is 11.5 Å². The van der Waals surface area contributed by atoms with Gasteiger partial charge in [0.15, 0.2) is 11.5 Å². The standard InChI is InChI=1S/C19H22BrNO4/c1-3-24-17-10-15(11-21-13(2)19(22)23)9-16(20)18(17)25-12-14-7-5-4-6-8-14/h4-10,13,21H,3,11-12H2,1-2H3,(H,22,23). The molecule has 6 heteroatoms. The van der Waals surface area contributed by atoms with Gasteiger partial charge in [-0.1, -0.05) is 30.3 Å². The first kappa shape index (κ1) is 19.3. The quantitative estimate of drug-likeness (QED) is 0.657. The Morgan fingerprint density at radius 2 is 1.92 bits per heavy atom. The fraction of sp³-hybridized carbons (Fsp3) is 0.316. The largest absolute Gasteiger partial charge is 0.490 e. The molecule has 0 bridgehead atoms. The minimum Gasteiger partial charge on any atom is -0.490 e. The van der Waals surface area contributed by atoms with Crippen LogP contribution in [0.3, 0.4) is 0 Å². The van der Waals surface area contributed by atoms with Gasteiger partial charge in [-0.25, -0.2) is 0 Å². The van der Waals surface area contributed by atoms with E-state index in [4.69, 9.17) is 14.6 Å². The number of nitrogens with one attached hydrogen (secondary N) is 1. The van der Waals surface area contributed by atoms with Gasteiger partial charge in [-0.2, -0.15) is 0 Å². The van der Waals surface area contributed by atoms with Crippen LogP contribution in [0.1, 0.15) is 25.0 Å². The molecule has 25 heavy (non-hydrogen) atoms. The molecule has 0 aliphatic rings. The number of rotatable bonds is 9. The van der Waals surface area contributed by atoms with Crippen LogP contribution >= 0.6 is 15.9 Å². The number of hydrogen-bond donors (Lipinski definition) is 2. The summed E-state index contributed by atoms with van der Waals surface area (Å²) in [6, 6.07) is 13.1. The van der Waals surface area contributed by atoms with Crippen molar-refractivity contribution in [2.75, 3.05) is 6.61 Å². The van der Waals surface area contributed by atoms with Crippen molar-refractivity contribution in [1.29, 1.82) is 0 Å². The maximum Gasteiger partial charge on any atom is 0.320 e. The average molecular weight is 408 g/mol. The summed E-state index contributed by atoms with van der Waals surface area (Å²) in [4.78, 5) is 10.9. The molecule has 1 unspecified atom stereocenters. The highest BCUT2D eigenvalue weighted by atomic mass is 79.9. The van der Waals surface area contributed by atoms with Crippen LogP contribution in [0.4, 0.5) is 0 Å². The first-order valence-electron chi connectivity index (χ1n) is 8.09. The number of carbonyl (C=O) groups is 1. The molecule has 134 valence electrons. The van der Waals surface area contributed by atoms with E-state index < -0.39 is 12.0 Å². The second-order valence-electron chi connectivity index (χ2n) is 5.55. The highest BCUT2D eigenvalue weighted by Crippen LogP contribution is 2.37. The Bertz CT molecular complexity index is 706. The predicted octanol–water partition coefficient (Wildman–Crippen LogP) is 3.99. The van der Waals surface area contributed by atoms with Crippen molar-refractivity contribution in [3.63, 3.8) is 0 Å². The summed E-state index contributed by atoms with van der Waals surface area (Å²) < 4.78 is 12.4. The highest BCUT2D eigenvalue weighted by Gasteiger charge is 2.14.